The Balaban J connectivity index is 1.74. The van der Waals surface area contributed by atoms with Crippen molar-refractivity contribution in [3.8, 4) is 0 Å². The van der Waals surface area contributed by atoms with E-state index in [1.807, 2.05) is 53.7 Å². The van der Waals surface area contributed by atoms with Gasteiger partial charge in [-0.25, -0.2) is 4.58 Å². The molecule has 4 rings (SSSR count). The molecule has 2 atom stereocenters. The first kappa shape index (κ1) is 14.7. The maximum atomic E-state index is 12.4. The summed E-state index contributed by atoms with van der Waals surface area (Å²) in [7, 11) is 1.90. The summed E-state index contributed by atoms with van der Waals surface area (Å²) in [6, 6.07) is 7.60. The first-order chi connectivity index (χ1) is 11.4. The van der Waals surface area contributed by atoms with Crippen molar-refractivity contribution < 1.29 is 14.2 Å². The third-order valence-electron chi connectivity index (χ3n) is 4.77. The summed E-state index contributed by atoms with van der Waals surface area (Å²) in [6.45, 7) is 4.06. The van der Waals surface area contributed by atoms with E-state index in [1.165, 1.54) is 0 Å². The highest BCUT2D eigenvalue weighted by molar-refractivity contribution is 6.04. The molecule has 0 saturated carbocycles. The zero-order valence-corrected chi connectivity index (χ0v) is 13.8. The molecule has 0 radical (unpaired) electrons. The van der Waals surface area contributed by atoms with Gasteiger partial charge in [0, 0.05) is 22.5 Å². The third-order valence-corrected chi connectivity index (χ3v) is 4.77. The van der Waals surface area contributed by atoms with Gasteiger partial charge in [-0.15, -0.1) is 0 Å². The van der Waals surface area contributed by atoms with E-state index in [2.05, 4.69) is 17.6 Å². The van der Waals surface area contributed by atoms with Crippen molar-refractivity contribution in [2.75, 3.05) is 7.05 Å². The zero-order valence-electron chi connectivity index (χ0n) is 13.8. The van der Waals surface area contributed by atoms with Crippen molar-refractivity contribution in [2.24, 2.45) is 0 Å². The molecule has 2 unspecified atom stereocenters. The number of rotatable bonds is 2. The predicted octanol–water partition coefficient (Wildman–Crippen LogP) is 1.63. The lowest BCUT2D eigenvalue weighted by atomic mass is 10.1. The van der Waals surface area contributed by atoms with Gasteiger partial charge in [0.2, 0.25) is 0 Å². The quantitative estimate of drug-likeness (QED) is 0.825. The number of allylic oxidation sites excluding steroid dienone is 1. The monoisotopic (exact) mass is 323 g/mol. The van der Waals surface area contributed by atoms with Crippen LogP contribution in [0, 0.1) is 0 Å². The molecular formula is C18H19N4O2+. The summed E-state index contributed by atoms with van der Waals surface area (Å²) in [6.07, 6.45) is 3.70. The molecule has 3 heterocycles. The van der Waals surface area contributed by atoms with E-state index in [0.717, 1.165) is 16.6 Å². The second kappa shape index (κ2) is 5.06. The van der Waals surface area contributed by atoms with Gasteiger partial charge in [-0.3, -0.25) is 9.59 Å². The minimum Gasteiger partial charge on any atom is -0.346 e. The molecule has 6 heteroatoms. The molecule has 2 aliphatic heterocycles. The molecule has 2 aromatic rings. The van der Waals surface area contributed by atoms with Crippen LogP contribution in [0.3, 0.4) is 0 Å². The van der Waals surface area contributed by atoms with Crippen LogP contribution >= 0.6 is 0 Å². The van der Waals surface area contributed by atoms with Gasteiger partial charge in [0.15, 0.2) is 18.1 Å². The van der Waals surface area contributed by atoms with Crippen molar-refractivity contribution in [2.45, 2.75) is 25.9 Å². The first-order valence-corrected chi connectivity index (χ1v) is 8.00. The summed E-state index contributed by atoms with van der Waals surface area (Å²) >= 11 is 0. The van der Waals surface area contributed by atoms with E-state index in [9.17, 15) is 9.59 Å². The van der Waals surface area contributed by atoms with Crippen molar-refractivity contribution in [1.82, 2.24) is 15.2 Å². The van der Waals surface area contributed by atoms with Gasteiger partial charge in [-0.2, -0.15) is 0 Å². The number of nitrogens with zero attached hydrogens (tertiary/aromatic N) is 2. The second-order valence-corrected chi connectivity index (χ2v) is 6.51. The summed E-state index contributed by atoms with van der Waals surface area (Å²) in [4.78, 5) is 24.6. The lowest BCUT2D eigenvalue weighted by Crippen LogP contribution is -2.44. The van der Waals surface area contributed by atoms with E-state index in [4.69, 9.17) is 0 Å². The molecular weight excluding hydrogens is 304 g/mol. The summed E-state index contributed by atoms with van der Waals surface area (Å²) in [5.74, 6) is -0.218. The van der Waals surface area contributed by atoms with Crippen molar-refractivity contribution in [3.63, 3.8) is 0 Å². The molecule has 0 spiro atoms. The van der Waals surface area contributed by atoms with Gasteiger partial charge in [0.1, 0.15) is 12.7 Å². The van der Waals surface area contributed by atoms with Crippen LogP contribution in [0.5, 0.6) is 0 Å². The molecule has 2 N–H and O–H groups in total. The normalized spacial score (nSPS) is 22.2. The Hall–Kier alpha value is -2.89. The lowest BCUT2D eigenvalue weighted by molar-refractivity contribution is -0.429. The Morgan fingerprint density at radius 2 is 2.04 bits per heavy atom. The first-order valence-electron chi connectivity index (χ1n) is 8.00. The zero-order chi connectivity index (χ0) is 17.0. The summed E-state index contributed by atoms with van der Waals surface area (Å²) in [5.41, 5.74) is 2.93. The van der Waals surface area contributed by atoms with Crippen molar-refractivity contribution in [3.05, 3.63) is 47.4 Å². The highest BCUT2D eigenvalue weighted by Crippen LogP contribution is 2.29. The molecule has 6 nitrogen and oxygen atoms in total. The van der Waals surface area contributed by atoms with Gasteiger partial charge in [-0.05, 0) is 32.0 Å². The lowest BCUT2D eigenvalue weighted by Gasteiger charge is -2.30. The average molecular weight is 323 g/mol. The highest BCUT2D eigenvalue weighted by Gasteiger charge is 2.29. The number of amides is 2. The summed E-state index contributed by atoms with van der Waals surface area (Å²) in [5, 5.41) is 6.80. The van der Waals surface area contributed by atoms with E-state index in [1.54, 1.807) is 6.07 Å². The Labute approximate surface area is 139 Å². The van der Waals surface area contributed by atoms with Crippen LogP contribution in [0.2, 0.25) is 0 Å². The molecule has 2 amide bonds. The van der Waals surface area contributed by atoms with Crippen LogP contribution in [0.15, 0.2) is 36.2 Å². The van der Waals surface area contributed by atoms with Gasteiger partial charge in [0.05, 0.1) is 6.04 Å². The van der Waals surface area contributed by atoms with Crippen LogP contribution in [0.1, 0.15) is 40.7 Å². The number of benzene rings is 1. The summed E-state index contributed by atoms with van der Waals surface area (Å²) < 4.78 is 3.90. The van der Waals surface area contributed by atoms with Crippen LogP contribution in [-0.2, 0) is 0 Å². The van der Waals surface area contributed by atoms with E-state index in [-0.39, 0.29) is 23.9 Å². The Morgan fingerprint density at radius 1 is 1.29 bits per heavy atom. The number of aromatic nitrogens is 1. The maximum absolute atomic E-state index is 12.4. The maximum Gasteiger partial charge on any atom is 0.268 e. The number of hydrogen-bond acceptors (Lipinski definition) is 2. The second-order valence-electron chi connectivity index (χ2n) is 6.51. The van der Waals surface area contributed by atoms with Crippen LogP contribution in [0.25, 0.3) is 10.9 Å². The fraction of sp³-hybridized carbons (Fsp3) is 0.278. The van der Waals surface area contributed by atoms with Crippen LogP contribution in [-0.4, -0.2) is 40.3 Å². The Bertz CT molecular complexity index is 951. The number of carbonyl (C=O) groups is 2. The molecule has 122 valence electrons. The fourth-order valence-corrected chi connectivity index (χ4v) is 3.30. The third kappa shape index (κ3) is 2.14. The molecule has 0 aliphatic carbocycles. The van der Waals surface area contributed by atoms with Crippen LogP contribution < -0.4 is 10.6 Å². The van der Waals surface area contributed by atoms with Crippen LogP contribution in [0.4, 0.5) is 0 Å². The number of carbonyl (C=O) groups excluding carboxylic acids is 2. The van der Waals surface area contributed by atoms with Gasteiger partial charge >= 0.3 is 0 Å². The number of hydrogen-bond donors (Lipinski definition) is 2. The van der Waals surface area contributed by atoms with E-state index >= 15 is 0 Å². The Kier molecular flexibility index (Phi) is 3.09. The highest BCUT2D eigenvalue weighted by atomic mass is 16.2. The standard InChI is InChI=1S/C18H18N4O2/c1-10-11(2)22-15-7-13(17(23)20-14-8-21(3)9-14)5-4-12(15)6-16(22)18(24)19-10/h4-11H,1-3H3,(H-,19,20,23,24)/p+1. The average Bonchev–Trinajstić information content (AvgIpc) is 2.90. The largest absolute Gasteiger partial charge is 0.346 e. The molecule has 0 saturated heterocycles. The fourth-order valence-electron chi connectivity index (χ4n) is 3.30. The van der Waals surface area contributed by atoms with E-state index in [0.29, 0.717) is 11.3 Å². The molecule has 0 fully saturated rings. The predicted molar refractivity (Wildman–Crippen MR) is 91.4 cm³/mol. The van der Waals surface area contributed by atoms with Gasteiger partial charge in [-0.1, -0.05) is 6.07 Å². The van der Waals surface area contributed by atoms with Crippen molar-refractivity contribution >= 4 is 28.9 Å². The minimum absolute atomic E-state index is 0.0448. The molecule has 0 bridgehead atoms. The molecule has 2 aliphatic rings. The van der Waals surface area contributed by atoms with Gasteiger partial charge in [0.25, 0.3) is 11.8 Å². The smallest absolute Gasteiger partial charge is 0.268 e. The SMILES string of the molecule is CC1NC(=O)c2cc3ccc(C(=O)NC4=C[N+](C)=C4)cc3n2C1C. The topological polar surface area (TPSA) is 66.1 Å². The number of nitrogens with one attached hydrogen (secondary N) is 2. The minimum atomic E-state index is -0.149. The van der Waals surface area contributed by atoms with E-state index < -0.39 is 0 Å². The molecule has 1 aromatic heterocycles. The molecule has 24 heavy (non-hydrogen) atoms. The Morgan fingerprint density at radius 3 is 2.75 bits per heavy atom. The molecule has 1 aromatic carbocycles. The van der Waals surface area contributed by atoms with Gasteiger partial charge < -0.3 is 15.2 Å². The van der Waals surface area contributed by atoms with Crippen molar-refractivity contribution in [1.29, 1.82) is 0 Å². The number of fused-ring (bicyclic) bond motifs is 3.